The number of hydrogen-bond donors (Lipinski definition) is 2. The van der Waals surface area contributed by atoms with E-state index in [0.29, 0.717) is 25.0 Å². The van der Waals surface area contributed by atoms with Gasteiger partial charge in [-0.25, -0.2) is 0 Å². The molecule has 3 aromatic rings. The molecule has 4 rings (SSSR count). The maximum Gasteiger partial charge on any atom is 0.287 e. The van der Waals surface area contributed by atoms with E-state index >= 15 is 0 Å². The molecule has 2 heterocycles. The molecule has 0 radical (unpaired) electrons. The first-order valence-electron chi connectivity index (χ1n) is 8.98. The molecule has 1 atom stereocenters. The number of aliphatic hydroxyl groups is 1. The third-order valence-electron chi connectivity index (χ3n) is 5.16. The lowest BCUT2D eigenvalue weighted by molar-refractivity contribution is 0.0235. The molecule has 1 aromatic carbocycles. The zero-order chi connectivity index (χ0) is 18.1. The van der Waals surface area contributed by atoms with Crippen molar-refractivity contribution in [2.45, 2.75) is 38.3 Å². The van der Waals surface area contributed by atoms with Gasteiger partial charge in [-0.05, 0) is 49.4 Å². The van der Waals surface area contributed by atoms with Crippen LogP contribution in [0.3, 0.4) is 0 Å². The van der Waals surface area contributed by atoms with Gasteiger partial charge in [0.1, 0.15) is 5.58 Å². The molecule has 0 spiro atoms. The predicted molar refractivity (Wildman–Crippen MR) is 98.9 cm³/mol. The predicted octanol–water partition coefficient (Wildman–Crippen LogP) is 3.25. The van der Waals surface area contributed by atoms with E-state index in [1.807, 2.05) is 43.3 Å². The number of para-hydroxylation sites is 1. The second-order valence-electron chi connectivity index (χ2n) is 7.09. The highest BCUT2D eigenvalue weighted by atomic mass is 16.3. The van der Waals surface area contributed by atoms with E-state index < -0.39 is 0 Å². The van der Waals surface area contributed by atoms with E-state index in [1.54, 1.807) is 12.3 Å². The molecule has 2 aromatic heterocycles. The van der Waals surface area contributed by atoms with Crippen LogP contribution in [0.1, 0.15) is 34.7 Å². The lowest BCUT2D eigenvalue weighted by atomic mass is 9.76. The Kier molecular flexibility index (Phi) is 4.47. The third-order valence-corrected chi connectivity index (χ3v) is 5.16. The number of aryl methyl sites for hydroxylation is 1. The highest BCUT2D eigenvalue weighted by Crippen LogP contribution is 2.32. The maximum absolute atomic E-state index is 12.8. The molecule has 5 heteroatoms. The summed E-state index contributed by atoms with van der Waals surface area (Å²) in [4.78, 5) is 17.1. The Morgan fingerprint density at radius 2 is 2.15 bits per heavy atom. The number of aromatic nitrogens is 1. The number of nitrogens with one attached hydrogen (secondary N) is 1. The summed E-state index contributed by atoms with van der Waals surface area (Å²) in [6, 6.07) is 13.3. The lowest BCUT2D eigenvalue weighted by Gasteiger charge is -2.37. The molecule has 0 bridgehead atoms. The van der Waals surface area contributed by atoms with Gasteiger partial charge in [0.05, 0.1) is 6.10 Å². The van der Waals surface area contributed by atoms with E-state index in [-0.39, 0.29) is 24.0 Å². The maximum atomic E-state index is 12.8. The molecule has 1 saturated carbocycles. The summed E-state index contributed by atoms with van der Waals surface area (Å²) in [7, 11) is 0. The molecule has 5 nitrogen and oxygen atoms in total. The van der Waals surface area contributed by atoms with E-state index in [9.17, 15) is 9.90 Å². The second kappa shape index (κ2) is 6.92. The van der Waals surface area contributed by atoms with Crippen molar-refractivity contribution >= 4 is 16.9 Å². The minimum atomic E-state index is -0.267. The van der Waals surface area contributed by atoms with Gasteiger partial charge in [0.15, 0.2) is 5.76 Å². The zero-order valence-corrected chi connectivity index (χ0v) is 14.7. The summed E-state index contributed by atoms with van der Waals surface area (Å²) in [5.41, 5.74) is 2.69. The standard InChI is InChI=1S/C21H22N2O3/c1-13-5-4-6-14-11-19(26-20(13)14)21(25)23-18(15-9-17(24)10-15)12-16-7-2-3-8-22-16/h2-8,11,15,17-18,24H,9-10,12H2,1H3,(H,23,25). The molecular formula is C21H22N2O3. The molecule has 2 N–H and O–H groups in total. The molecule has 26 heavy (non-hydrogen) atoms. The van der Waals surface area contributed by atoms with Crippen LogP contribution in [0.2, 0.25) is 0 Å². The van der Waals surface area contributed by atoms with Crippen LogP contribution in [0.25, 0.3) is 11.0 Å². The number of rotatable bonds is 5. The van der Waals surface area contributed by atoms with Crippen LogP contribution in [0, 0.1) is 12.8 Å². The summed E-state index contributed by atoms with van der Waals surface area (Å²) in [6.45, 7) is 1.97. The van der Waals surface area contributed by atoms with Crippen molar-refractivity contribution in [3.63, 3.8) is 0 Å². The molecule has 1 fully saturated rings. The monoisotopic (exact) mass is 350 g/mol. The average molecular weight is 350 g/mol. The fourth-order valence-corrected chi connectivity index (χ4v) is 3.60. The van der Waals surface area contributed by atoms with Crippen molar-refractivity contribution in [2.24, 2.45) is 5.92 Å². The summed E-state index contributed by atoms with van der Waals surface area (Å²) >= 11 is 0. The average Bonchev–Trinajstić information content (AvgIpc) is 3.05. The van der Waals surface area contributed by atoms with Gasteiger partial charge in [0.2, 0.25) is 0 Å². The van der Waals surface area contributed by atoms with Gasteiger partial charge in [0.25, 0.3) is 5.91 Å². The van der Waals surface area contributed by atoms with Crippen LogP contribution in [0.15, 0.2) is 53.1 Å². The van der Waals surface area contributed by atoms with Crippen molar-refractivity contribution in [2.75, 3.05) is 0 Å². The van der Waals surface area contributed by atoms with Gasteiger partial charge in [-0.3, -0.25) is 9.78 Å². The van der Waals surface area contributed by atoms with Crippen LogP contribution in [0.4, 0.5) is 0 Å². The highest BCUT2D eigenvalue weighted by Gasteiger charge is 2.35. The normalized spacial score (nSPS) is 20.5. The number of hydrogen-bond acceptors (Lipinski definition) is 4. The van der Waals surface area contributed by atoms with Crippen LogP contribution in [0.5, 0.6) is 0 Å². The smallest absolute Gasteiger partial charge is 0.287 e. The third kappa shape index (κ3) is 3.35. The van der Waals surface area contributed by atoms with Gasteiger partial charge < -0.3 is 14.8 Å². The second-order valence-corrected chi connectivity index (χ2v) is 7.09. The Bertz CT molecular complexity index is 913. The number of furan rings is 1. The number of fused-ring (bicyclic) bond motifs is 1. The topological polar surface area (TPSA) is 75.4 Å². The summed E-state index contributed by atoms with van der Waals surface area (Å²) in [6.07, 6.45) is 3.54. The Balaban J connectivity index is 1.54. The van der Waals surface area contributed by atoms with Crippen molar-refractivity contribution < 1.29 is 14.3 Å². The quantitative estimate of drug-likeness (QED) is 0.741. The summed E-state index contributed by atoms with van der Waals surface area (Å²) in [5.74, 6) is 0.352. The molecule has 0 saturated heterocycles. The van der Waals surface area contributed by atoms with Gasteiger partial charge in [-0.1, -0.05) is 24.3 Å². The van der Waals surface area contributed by atoms with Crippen molar-refractivity contribution in [3.05, 3.63) is 65.7 Å². The Morgan fingerprint density at radius 1 is 1.31 bits per heavy atom. The Labute approximate surface area is 152 Å². The first kappa shape index (κ1) is 16.8. The fourth-order valence-electron chi connectivity index (χ4n) is 3.60. The van der Waals surface area contributed by atoms with Crippen LogP contribution in [-0.2, 0) is 6.42 Å². The zero-order valence-electron chi connectivity index (χ0n) is 14.7. The molecule has 1 aliphatic rings. The van der Waals surface area contributed by atoms with Gasteiger partial charge in [-0.2, -0.15) is 0 Å². The van der Waals surface area contributed by atoms with Crippen molar-refractivity contribution in [1.29, 1.82) is 0 Å². The van der Waals surface area contributed by atoms with Crippen molar-refractivity contribution in [1.82, 2.24) is 10.3 Å². The highest BCUT2D eigenvalue weighted by molar-refractivity contribution is 5.96. The minimum absolute atomic E-state index is 0.0740. The van der Waals surface area contributed by atoms with Crippen LogP contribution >= 0.6 is 0 Å². The number of benzene rings is 1. The SMILES string of the molecule is Cc1cccc2cc(C(=O)NC(Cc3ccccn3)C3CC(O)C3)oc12. The molecule has 1 unspecified atom stereocenters. The molecule has 1 aliphatic carbocycles. The van der Waals surface area contributed by atoms with Gasteiger partial charge in [-0.15, -0.1) is 0 Å². The van der Waals surface area contributed by atoms with E-state index in [2.05, 4.69) is 10.3 Å². The van der Waals surface area contributed by atoms with E-state index in [0.717, 1.165) is 22.2 Å². The first-order chi connectivity index (χ1) is 12.6. The number of nitrogens with zero attached hydrogens (tertiary/aromatic N) is 1. The molecule has 0 aliphatic heterocycles. The van der Waals surface area contributed by atoms with Crippen molar-refractivity contribution in [3.8, 4) is 0 Å². The molecule has 1 amide bonds. The van der Waals surface area contributed by atoms with Crippen LogP contribution in [-0.4, -0.2) is 28.1 Å². The number of amides is 1. The largest absolute Gasteiger partial charge is 0.451 e. The fraction of sp³-hybridized carbons (Fsp3) is 0.333. The van der Waals surface area contributed by atoms with Gasteiger partial charge in [0, 0.05) is 29.7 Å². The number of carbonyl (C=O) groups excluding carboxylic acids is 1. The van der Waals surface area contributed by atoms with Gasteiger partial charge >= 0.3 is 0 Å². The minimum Gasteiger partial charge on any atom is -0.451 e. The lowest BCUT2D eigenvalue weighted by Crippen LogP contribution is -2.48. The first-order valence-corrected chi connectivity index (χ1v) is 8.98. The Hall–Kier alpha value is -2.66. The summed E-state index contributed by atoms with van der Waals surface area (Å²) in [5, 5.41) is 13.7. The van der Waals surface area contributed by atoms with Crippen LogP contribution < -0.4 is 5.32 Å². The number of pyridine rings is 1. The molecule has 134 valence electrons. The Morgan fingerprint density at radius 3 is 2.85 bits per heavy atom. The summed E-state index contributed by atoms with van der Waals surface area (Å²) < 4.78 is 5.79. The number of aliphatic hydroxyl groups excluding tert-OH is 1. The van der Waals surface area contributed by atoms with E-state index in [1.165, 1.54) is 0 Å². The number of carbonyl (C=O) groups is 1. The van der Waals surface area contributed by atoms with E-state index in [4.69, 9.17) is 4.42 Å². The molecular weight excluding hydrogens is 328 g/mol.